The van der Waals surface area contributed by atoms with E-state index in [1.54, 1.807) is 9.21 Å². The molecule has 1 unspecified atom stereocenters. The minimum absolute atomic E-state index is 0.263. The normalized spacial score (nSPS) is 21.1. The molecule has 1 saturated heterocycles. The molecule has 7 nitrogen and oxygen atoms in total. The molecule has 0 aliphatic carbocycles. The fraction of sp³-hybridized carbons (Fsp3) is 0.435. The molecule has 4 rings (SSSR count). The zero-order valence-corrected chi connectivity index (χ0v) is 19.0. The molecule has 2 aliphatic heterocycles. The Morgan fingerprint density at radius 3 is 2.45 bits per heavy atom. The molecule has 2 aromatic carbocycles. The molecule has 166 valence electrons. The van der Waals surface area contributed by atoms with Crippen molar-refractivity contribution < 1.29 is 17.9 Å². The molecular formula is C23H29N3O4S. The predicted octanol–water partition coefficient (Wildman–Crippen LogP) is 3.76. The van der Waals surface area contributed by atoms with Gasteiger partial charge in [0.1, 0.15) is 5.60 Å². The highest BCUT2D eigenvalue weighted by Crippen LogP contribution is 2.36. The number of benzene rings is 2. The van der Waals surface area contributed by atoms with Crippen molar-refractivity contribution >= 4 is 22.0 Å². The summed E-state index contributed by atoms with van der Waals surface area (Å²) < 4.78 is 35.9. The average molecular weight is 444 g/mol. The minimum atomic E-state index is -3.76. The van der Waals surface area contributed by atoms with Gasteiger partial charge in [0, 0.05) is 25.7 Å². The molecule has 2 heterocycles. The molecule has 8 heteroatoms. The Morgan fingerprint density at radius 1 is 1.06 bits per heavy atom. The summed E-state index contributed by atoms with van der Waals surface area (Å²) in [7, 11) is -3.76. The van der Waals surface area contributed by atoms with Crippen LogP contribution >= 0.6 is 0 Å². The molecule has 1 atom stereocenters. The summed E-state index contributed by atoms with van der Waals surface area (Å²) in [6.07, 6.45) is 0.186. The zero-order chi connectivity index (χ0) is 22.2. The van der Waals surface area contributed by atoms with Crippen LogP contribution in [0.4, 0.5) is 10.5 Å². The van der Waals surface area contributed by atoms with E-state index in [0.717, 1.165) is 11.1 Å². The number of nitrogens with zero attached hydrogens (tertiary/aromatic N) is 3. The Kier molecular flexibility index (Phi) is 5.70. The number of rotatable bonds is 3. The summed E-state index contributed by atoms with van der Waals surface area (Å²) in [5.74, 6) is 0. The van der Waals surface area contributed by atoms with Crippen LogP contribution in [0.25, 0.3) is 0 Å². The number of hydrogen-bond donors (Lipinski definition) is 0. The van der Waals surface area contributed by atoms with E-state index >= 15 is 0 Å². The van der Waals surface area contributed by atoms with Crippen LogP contribution < -0.4 is 4.31 Å². The number of amides is 1. The summed E-state index contributed by atoms with van der Waals surface area (Å²) in [6, 6.07) is 16.9. The summed E-state index contributed by atoms with van der Waals surface area (Å²) in [4.78, 5) is 14.1. The van der Waals surface area contributed by atoms with Crippen LogP contribution in [0.2, 0.25) is 0 Å². The number of fused-ring (bicyclic) bond motifs is 1. The van der Waals surface area contributed by atoms with Gasteiger partial charge in [-0.3, -0.25) is 4.31 Å². The molecular weight excluding hydrogens is 414 g/mol. The number of likely N-dealkylation sites (tertiary alicyclic amines) is 1. The van der Waals surface area contributed by atoms with Crippen molar-refractivity contribution in [3.63, 3.8) is 0 Å². The highest BCUT2D eigenvalue weighted by molar-refractivity contribution is 7.90. The van der Waals surface area contributed by atoms with Gasteiger partial charge in [0.05, 0.1) is 12.2 Å². The first-order valence-corrected chi connectivity index (χ1v) is 11.9. The fourth-order valence-electron chi connectivity index (χ4n) is 4.09. The third-order valence-electron chi connectivity index (χ3n) is 5.55. The summed E-state index contributed by atoms with van der Waals surface area (Å²) in [5.41, 5.74) is 2.01. The summed E-state index contributed by atoms with van der Waals surface area (Å²) >= 11 is 0. The zero-order valence-electron chi connectivity index (χ0n) is 18.2. The maximum Gasteiger partial charge on any atom is 0.410 e. The van der Waals surface area contributed by atoms with Crippen molar-refractivity contribution in [1.82, 2.24) is 9.21 Å². The standard InChI is InChI=1S/C23H29N3O4S/c1-23(2,3)30-22(27)24-14-13-20(17-24)25-16-19-11-7-8-12-21(19)26(31(25,28)29)15-18-9-5-4-6-10-18/h4-12,20H,13-17H2,1-3H3. The molecule has 1 amide bonds. The highest BCUT2D eigenvalue weighted by atomic mass is 32.2. The molecule has 0 bridgehead atoms. The van der Waals surface area contributed by atoms with Crippen molar-refractivity contribution in [3.05, 3.63) is 65.7 Å². The Hall–Kier alpha value is -2.58. The maximum atomic E-state index is 13.7. The van der Waals surface area contributed by atoms with Crippen LogP contribution in [0.3, 0.4) is 0 Å². The lowest BCUT2D eigenvalue weighted by Gasteiger charge is -2.40. The third kappa shape index (κ3) is 4.55. The van der Waals surface area contributed by atoms with Crippen LogP contribution in [-0.4, -0.2) is 48.4 Å². The van der Waals surface area contributed by atoms with E-state index in [1.165, 1.54) is 4.31 Å². The molecule has 0 saturated carbocycles. The number of carbonyl (C=O) groups excluding carboxylic acids is 1. The van der Waals surface area contributed by atoms with Gasteiger partial charge in [-0.1, -0.05) is 48.5 Å². The van der Waals surface area contributed by atoms with Gasteiger partial charge in [0.2, 0.25) is 0 Å². The van der Waals surface area contributed by atoms with E-state index in [1.807, 2.05) is 75.4 Å². The van der Waals surface area contributed by atoms with Gasteiger partial charge >= 0.3 is 16.3 Å². The van der Waals surface area contributed by atoms with E-state index in [-0.39, 0.29) is 12.6 Å². The van der Waals surface area contributed by atoms with Crippen LogP contribution in [0.1, 0.15) is 38.3 Å². The Bertz CT molecular complexity index is 1050. The van der Waals surface area contributed by atoms with Gasteiger partial charge in [-0.2, -0.15) is 12.7 Å². The number of anilines is 1. The summed E-state index contributed by atoms with van der Waals surface area (Å²) in [5, 5.41) is 0. The van der Waals surface area contributed by atoms with Gasteiger partial charge in [-0.05, 0) is 44.4 Å². The minimum Gasteiger partial charge on any atom is -0.444 e. The van der Waals surface area contributed by atoms with Crippen molar-refractivity contribution in [1.29, 1.82) is 0 Å². The van der Waals surface area contributed by atoms with E-state index in [4.69, 9.17) is 4.74 Å². The Morgan fingerprint density at radius 2 is 1.74 bits per heavy atom. The van der Waals surface area contributed by atoms with E-state index in [9.17, 15) is 13.2 Å². The molecule has 2 aromatic rings. The van der Waals surface area contributed by atoms with Gasteiger partial charge in [0.25, 0.3) is 0 Å². The number of carbonyl (C=O) groups is 1. The van der Waals surface area contributed by atoms with Gasteiger partial charge in [-0.15, -0.1) is 0 Å². The highest BCUT2D eigenvalue weighted by Gasteiger charge is 2.43. The lowest BCUT2D eigenvalue weighted by molar-refractivity contribution is 0.0286. The second kappa shape index (κ2) is 8.16. The molecule has 1 fully saturated rings. The maximum absolute atomic E-state index is 13.7. The van der Waals surface area contributed by atoms with E-state index < -0.39 is 21.9 Å². The summed E-state index contributed by atoms with van der Waals surface area (Å²) in [6.45, 7) is 6.85. The molecule has 2 aliphatic rings. The Balaban J connectivity index is 1.60. The first kappa shape index (κ1) is 21.6. The van der Waals surface area contributed by atoms with E-state index in [2.05, 4.69) is 0 Å². The smallest absolute Gasteiger partial charge is 0.410 e. The van der Waals surface area contributed by atoms with Crippen molar-refractivity contribution in [2.75, 3.05) is 17.4 Å². The number of hydrogen-bond acceptors (Lipinski definition) is 4. The molecule has 31 heavy (non-hydrogen) atoms. The average Bonchev–Trinajstić information content (AvgIpc) is 3.19. The Labute approximate surface area is 184 Å². The first-order valence-electron chi connectivity index (χ1n) is 10.5. The topological polar surface area (TPSA) is 70.2 Å². The van der Waals surface area contributed by atoms with Crippen molar-refractivity contribution in [3.8, 4) is 0 Å². The van der Waals surface area contributed by atoms with Gasteiger partial charge < -0.3 is 9.64 Å². The van der Waals surface area contributed by atoms with Crippen molar-refractivity contribution in [2.45, 2.75) is 51.9 Å². The SMILES string of the molecule is CC(C)(C)OC(=O)N1CCC(N2Cc3ccccc3N(Cc3ccccc3)S2(=O)=O)C1. The van der Waals surface area contributed by atoms with Crippen LogP contribution in [0, 0.1) is 0 Å². The van der Waals surface area contributed by atoms with Gasteiger partial charge in [0.15, 0.2) is 0 Å². The van der Waals surface area contributed by atoms with Gasteiger partial charge in [-0.25, -0.2) is 4.79 Å². The van der Waals surface area contributed by atoms with Crippen LogP contribution in [0.15, 0.2) is 54.6 Å². The molecule has 0 radical (unpaired) electrons. The van der Waals surface area contributed by atoms with Crippen LogP contribution in [0.5, 0.6) is 0 Å². The number of ether oxygens (including phenoxy) is 1. The first-order chi connectivity index (χ1) is 14.6. The largest absolute Gasteiger partial charge is 0.444 e. The molecule has 0 N–H and O–H groups in total. The fourth-order valence-corrected chi connectivity index (χ4v) is 5.93. The van der Waals surface area contributed by atoms with Crippen LogP contribution in [-0.2, 0) is 28.0 Å². The molecule has 0 aromatic heterocycles. The van der Waals surface area contributed by atoms with E-state index in [0.29, 0.717) is 31.7 Å². The lowest BCUT2D eigenvalue weighted by atomic mass is 10.1. The number of para-hydroxylation sites is 1. The predicted molar refractivity (Wildman–Crippen MR) is 120 cm³/mol. The lowest BCUT2D eigenvalue weighted by Crippen LogP contribution is -2.52. The van der Waals surface area contributed by atoms with Crippen molar-refractivity contribution in [2.24, 2.45) is 0 Å². The third-order valence-corrected chi connectivity index (χ3v) is 7.46. The second-order valence-corrected chi connectivity index (χ2v) is 10.8. The molecule has 0 spiro atoms. The monoisotopic (exact) mass is 443 g/mol. The quantitative estimate of drug-likeness (QED) is 0.724. The second-order valence-electron chi connectivity index (χ2n) is 9.04.